The minimum atomic E-state index is -4.55. The number of para-hydroxylation sites is 1. The smallest absolute Gasteiger partial charge is 0.352 e. The van der Waals surface area contributed by atoms with Crippen molar-refractivity contribution in [1.82, 2.24) is 10.6 Å². The summed E-state index contributed by atoms with van der Waals surface area (Å²) in [5.74, 6) is -1.53. The van der Waals surface area contributed by atoms with Gasteiger partial charge in [0.05, 0.1) is 23.7 Å². The molecular formula is C17H17F3N4O3S. The van der Waals surface area contributed by atoms with E-state index < -0.39 is 36.6 Å². The highest BCUT2D eigenvalue weighted by atomic mass is 32.1. The minimum Gasteiger partial charge on any atom is -0.352 e. The van der Waals surface area contributed by atoms with Crippen molar-refractivity contribution in [2.75, 3.05) is 11.9 Å². The van der Waals surface area contributed by atoms with E-state index in [-0.39, 0.29) is 17.7 Å². The molecule has 1 aromatic carbocycles. The first kappa shape index (κ1) is 21.2. The first-order chi connectivity index (χ1) is 13.2. The number of benzene rings is 1. The number of alkyl halides is 3. The van der Waals surface area contributed by atoms with Gasteiger partial charge in [-0.25, -0.2) is 4.79 Å². The number of rotatable bonds is 7. The number of thiophene rings is 1. The average Bonchev–Trinajstić information content (AvgIpc) is 3.13. The van der Waals surface area contributed by atoms with Crippen LogP contribution in [-0.4, -0.2) is 30.6 Å². The lowest BCUT2D eigenvalue weighted by Crippen LogP contribution is -2.35. The molecule has 11 heteroatoms. The van der Waals surface area contributed by atoms with Gasteiger partial charge in [-0.15, -0.1) is 11.3 Å². The van der Waals surface area contributed by atoms with Gasteiger partial charge in [0.2, 0.25) is 5.91 Å². The number of carbonyl (C=O) groups is 3. The zero-order valence-electron chi connectivity index (χ0n) is 14.4. The normalized spacial score (nSPS) is 12.1. The Balaban J connectivity index is 2.09. The van der Waals surface area contributed by atoms with Crippen LogP contribution in [0.4, 0.5) is 23.7 Å². The highest BCUT2D eigenvalue weighted by molar-refractivity contribution is 7.10. The maximum Gasteiger partial charge on any atom is 0.405 e. The van der Waals surface area contributed by atoms with Crippen LogP contribution >= 0.6 is 11.3 Å². The van der Waals surface area contributed by atoms with Crippen molar-refractivity contribution in [2.24, 2.45) is 5.73 Å². The monoisotopic (exact) mass is 414 g/mol. The molecule has 2 aromatic rings. The van der Waals surface area contributed by atoms with Crippen molar-refractivity contribution >= 4 is 34.9 Å². The third-order valence-electron chi connectivity index (χ3n) is 3.49. The SMILES string of the molecule is NC(=O)NC(CC(=O)Nc1ccccc1C(=O)NCC(F)(F)F)c1cccs1. The van der Waals surface area contributed by atoms with Gasteiger partial charge in [-0.2, -0.15) is 13.2 Å². The molecule has 2 rings (SSSR count). The van der Waals surface area contributed by atoms with Gasteiger partial charge in [0.1, 0.15) is 6.54 Å². The molecule has 0 bridgehead atoms. The van der Waals surface area contributed by atoms with E-state index in [1.54, 1.807) is 22.8 Å². The van der Waals surface area contributed by atoms with Crippen molar-refractivity contribution in [3.05, 3.63) is 52.2 Å². The topological polar surface area (TPSA) is 113 Å². The lowest BCUT2D eigenvalue weighted by molar-refractivity contribution is -0.123. The molecule has 0 fully saturated rings. The van der Waals surface area contributed by atoms with Crippen LogP contribution in [0.25, 0.3) is 0 Å². The second-order valence-corrected chi connectivity index (χ2v) is 6.65. The van der Waals surface area contributed by atoms with Crippen LogP contribution in [0.2, 0.25) is 0 Å². The van der Waals surface area contributed by atoms with Crippen LogP contribution in [-0.2, 0) is 4.79 Å². The van der Waals surface area contributed by atoms with Gasteiger partial charge in [0.15, 0.2) is 0 Å². The number of hydrogen-bond acceptors (Lipinski definition) is 4. The van der Waals surface area contributed by atoms with Crippen molar-refractivity contribution < 1.29 is 27.6 Å². The zero-order valence-corrected chi connectivity index (χ0v) is 15.2. The summed E-state index contributed by atoms with van der Waals surface area (Å²) in [5, 5.41) is 8.46. The Labute approximate surface area is 162 Å². The summed E-state index contributed by atoms with van der Waals surface area (Å²) in [7, 11) is 0. The molecule has 28 heavy (non-hydrogen) atoms. The third-order valence-corrected chi connectivity index (χ3v) is 4.47. The van der Waals surface area contributed by atoms with Gasteiger partial charge in [-0.05, 0) is 23.6 Å². The quantitative estimate of drug-likeness (QED) is 0.559. The van der Waals surface area contributed by atoms with E-state index in [1.807, 2.05) is 0 Å². The summed E-state index contributed by atoms with van der Waals surface area (Å²) in [6.45, 7) is -1.49. The molecule has 0 saturated carbocycles. The predicted molar refractivity (Wildman–Crippen MR) is 97.9 cm³/mol. The van der Waals surface area contributed by atoms with Crippen molar-refractivity contribution in [3.63, 3.8) is 0 Å². The zero-order chi connectivity index (χ0) is 20.7. The van der Waals surface area contributed by atoms with Crippen LogP contribution in [0.5, 0.6) is 0 Å². The fourth-order valence-corrected chi connectivity index (χ4v) is 3.11. The molecule has 0 aliphatic carbocycles. The number of nitrogens with one attached hydrogen (secondary N) is 3. The van der Waals surface area contributed by atoms with Gasteiger partial charge in [-0.1, -0.05) is 18.2 Å². The second kappa shape index (κ2) is 9.22. The molecule has 0 spiro atoms. The molecule has 1 atom stereocenters. The van der Waals surface area contributed by atoms with Crippen molar-refractivity contribution in [2.45, 2.75) is 18.6 Å². The summed E-state index contributed by atoms with van der Waals surface area (Å²) in [6.07, 6.45) is -4.73. The molecule has 5 N–H and O–H groups in total. The maximum atomic E-state index is 12.4. The number of anilines is 1. The molecule has 0 aliphatic rings. The Bertz CT molecular complexity index is 840. The fraction of sp³-hybridized carbons (Fsp3) is 0.235. The number of halogens is 3. The highest BCUT2D eigenvalue weighted by Crippen LogP contribution is 2.23. The Hall–Kier alpha value is -3.08. The van der Waals surface area contributed by atoms with Crippen LogP contribution in [0.1, 0.15) is 27.7 Å². The van der Waals surface area contributed by atoms with E-state index in [9.17, 15) is 27.6 Å². The van der Waals surface area contributed by atoms with Crippen LogP contribution in [0.15, 0.2) is 41.8 Å². The molecule has 0 saturated heterocycles. The summed E-state index contributed by atoms with van der Waals surface area (Å²) < 4.78 is 36.9. The molecule has 1 aromatic heterocycles. The van der Waals surface area contributed by atoms with Gasteiger partial charge in [-0.3, -0.25) is 9.59 Å². The molecule has 150 valence electrons. The number of carbonyl (C=O) groups excluding carboxylic acids is 3. The lowest BCUT2D eigenvalue weighted by Gasteiger charge is -2.17. The molecule has 1 heterocycles. The lowest BCUT2D eigenvalue weighted by atomic mass is 10.1. The van der Waals surface area contributed by atoms with Gasteiger partial charge in [0, 0.05) is 4.88 Å². The summed E-state index contributed by atoms with van der Waals surface area (Å²) >= 11 is 1.32. The number of primary amides is 1. The van der Waals surface area contributed by atoms with E-state index >= 15 is 0 Å². The summed E-state index contributed by atoms with van der Waals surface area (Å²) in [4.78, 5) is 36.3. The fourth-order valence-electron chi connectivity index (χ4n) is 2.34. The number of amides is 4. The third kappa shape index (κ3) is 6.58. The molecule has 4 amide bonds. The highest BCUT2D eigenvalue weighted by Gasteiger charge is 2.28. The van der Waals surface area contributed by atoms with E-state index in [0.717, 1.165) is 0 Å². The number of hydrogen-bond donors (Lipinski definition) is 4. The standard InChI is InChI=1S/C17H17F3N4O3S/c18-17(19,20)9-22-15(26)10-4-1-2-5-11(10)23-14(25)8-12(24-16(21)27)13-6-3-7-28-13/h1-7,12H,8-9H2,(H,22,26)(H,23,25)(H3,21,24,27). The number of nitrogens with two attached hydrogens (primary N) is 1. The first-order valence-electron chi connectivity index (χ1n) is 7.99. The Morgan fingerprint density at radius 1 is 1.11 bits per heavy atom. The minimum absolute atomic E-state index is 0.0520. The molecule has 1 unspecified atom stereocenters. The Morgan fingerprint density at radius 3 is 2.43 bits per heavy atom. The largest absolute Gasteiger partial charge is 0.405 e. The second-order valence-electron chi connectivity index (χ2n) is 5.67. The van der Waals surface area contributed by atoms with Gasteiger partial charge in [0.25, 0.3) is 5.91 Å². The maximum absolute atomic E-state index is 12.4. The predicted octanol–water partition coefficient (Wildman–Crippen LogP) is 2.78. The van der Waals surface area contributed by atoms with E-state index in [1.165, 1.54) is 35.6 Å². The molecule has 7 nitrogen and oxygen atoms in total. The van der Waals surface area contributed by atoms with Crippen molar-refractivity contribution in [1.29, 1.82) is 0 Å². The first-order valence-corrected chi connectivity index (χ1v) is 8.87. The van der Waals surface area contributed by atoms with Gasteiger partial charge >= 0.3 is 12.2 Å². The van der Waals surface area contributed by atoms with Gasteiger partial charge < -0.3 is 21.7 Å². The van der Waals surface area contributed by atoms with E-state index in [0.29, 0.717) is 4.88 Å². The van der Waals surface area contributed by atoms with Crippen LogP contribution in [0.3, 0.4) is 0 Å². The summed E-state index contributed by atoms with van der Waals surface area (Å²) in [6, 6.07) is 7.64. The average molecular weight is 414 g/mol. The van der Waals surface area contributed by atoms with Crippen molar-refractivity contribution in [3.8, 4) is 0 Å². The van der Waals surface area contributed by atoms with E-state index in [2.05, 4.69) is 10.6 Å². The Morgan fingerprint density at radius 2 is 1.82 bits per heavy atom. The van der Waals surface area contributed by atoms with E-state index in [4.69, 9.17) is 5.73 Å². The van der Waals surface area contributed by atoms with Crippen LogP contribution in [0, 0.1) is 0 Å². The summed E-state index contributed by atoms with van der Waals surface area (Å²) in [5.41, 5.74) is 5.07. The molecule has 0 aliphatic heterocycles. The Kier molecular flexibility index (Phi) is 6.99. The molecule has 0 radical (unpaired) electrons. The molecular weight excluding hydrogens is 397 g/mol. The number of urea groups is 1. The van der Waals surface area contributed by atoms with Crippen LogP contribution < -0.4 is 21.7 Å².